The predicted molar refractivity (Wildman–Crippen MR) is 79.5 cm³/mol. The van der Waals surface area contributed by atoms with Crippen LogP contribution in [0, 0.1) is 5.21 Å². The molecule has 3 rings (SSSR count). The molecule has 10 heteroatoms. The first-order chi connectivity index (χ1) is 11.8. The van der Waals surface area contributed by atoms with E-state index in [-0.39, 0.29) is 16.0 Å². The van der Waals surface area contributed by atoms with Crippen molar-refractivity contribution in [1.82, 2.24) is 10.6 Å². The van der Waals surface area contributed by atoms with Gasteiger partial charge in [-0.2, -0.15) is 18.3 Å². The highest BCUT2D eigenvalue weighted by Gasteiger charge is 2.30. The maximum atomic E-state index is 12.5. The summed E-state index contributed by atoms with van der Waals surface area (Å²) in [5.41, 5.74) is 2.41. The van der Waals surface area contributed by atoms with Crippen molar-refractivity contribution < 1.29 is 27.5 Å². The normalized spacial score (nSPS) is 12.0. The van der Waals surface area contributed by atoms with Gasteiger partial charge in [-0.15, -0.1) is 0 Å². The van der Waals surface area contributed by atoms with Gasteiger partial charge < -0.3 is 5.21 Å². The molecule has 0 aliphatic carbocycles. The minimum Gasteiger partial charge on any atom is -0.359 e. The van der Waals surface area contributed by atoms with E-state index >= 15 is 0 Å². The quantitative estimate of drug-likeness (QED) is 0.445. The fraction of sp³-hybridized carbons (Fsp3) is 0.0667. The SMILES string of the molecule is O=C(N/N=C/c1ccc2no[n+]([O-])c2c1)c1ccc(C(F)(F)F)cc1. The molecule has 128 valence electrons. The Morgan fingerprint density at radius 1 is 1.24 bits per heavy atom. The zero-order chi connectivity index (χ0) is 18.0. The molecule has 25 heavy (non-hydrogen) atoms. The van der Waals surface area contributed by atoms with E-state index in [1.165, 1.54) is 18.3 Å². The average Bonchev–Trinajstić information content (AvgIpc) is 2.95. The summed E-state index contributed by atoms with van der Waals surface area (Å²) < 4.78 is 41.8. The number of nitrogens with zero attached hydrogens (tertiary/aromatic N) is 3. The molecule has 0 radical (unpaired) electrons. The van der Waals surface area contributed by atoms with Crippen LogP contribution in [0.2, 0.25) is 0 Å². The second-order valence-electron chi connectivity index (χ2n) is 4.95. The van der Waals surface area contributed by atoms with Crippen molar-refractivity contribution in [2.24, 2.45) is 5.10 Å². The highest BCUT2D eigenvalue weighted by atomic mass is 19.4. The summed E-state index contributed by atoms with van der Waals surface area (Å²) >= 11 is 0. The van der Waals surface area contributed by atoms with Gasteiger partial charge in [0.05, 0.1) is 11.8 Å². The van der Waals surface area contributed by atoms with Crippen molar-refractivity contribution >= 4 is 23.2 Å². The lowest BCUT2D eigenvalue weighted by atomic mass is 10.1. The number of nitrogens with one attached hydrogen (secondary N) is 1. The standard InChI is InChI=1S/C15H9F3N4O3/c16-15(17,18)11-4-2-10(3-5-11)14(23)20-19-8-9-1-6-12-13(7-9)22(24)25-21-12/h1-8H,(H,20,23)/b19-8+. The van der Waals surface area contributed by atoms with E-state index in [9.17, 15) is 23.2 Å². The third kappa shape index (κ3) is 3.57. The number of fused-ring (bicyclic) bond motifs is 1. The molecule has 0 fully saturated rings. The number of halogens is 3. The van der Waals surface area contributed by atoms with Crippen LogP contribution >= 0.6 is 0 Å². The average molecular weight is 350 g/mol. The first-order valence-corrected chi connectivity index (χ1v) is 6.85. The molecule has 1 amide bonds. The fourth-order valence-electron chi connectivity index (χ4n) is 2.01. The lowest BCUT2D eigenvalue weighted by Crippen LogP contribution is -2.22. The molecule has 0 aliphatic rings. The van der Waals surface area contributed by atoms with Crippen molar-refractivity contribution in [1.29, 1.82) is 0 Å². The third-order valence-electron chi connectivity index (χ3n) is 3.26. The molecule has 2 aromatic carbocycles. The summed E-state index contributed by atoms with van der Waals surface area (Å²) in [7, 11) is 0. The summed E-state index contributed by atoms with van der Waals surface area (Å²) in [5, 5.41) is 18.5. The van der Waals surface area contributed by atoms with Gasteiger partial charge in [-0.05, 0) is 46.9 Å². The zero-order valence-electron chi connectivity index (χ0n) is 12.3. The molecular weight excluding hydrogens is 341 g/mol. The van der Waals surface area contributed by atoms with Gasteiger partial charge in [-0.25, -0.2) is 5.43 Å². The van der Waals surface area contributed by atoms with E-state index in [1.54, 1.807) is 6.07 Å². The Kier molecular flexibility index (Phi) is 4.09. The number of alkyl halides is 3. The van der Waals surface area contributed by atoms with E-state index in [0.717, 1.165) is 24.3 Å². The summed E-state index contributed by atoms with van der Waals surface area (Å²) in [6.07, 6.45) is -3.19. The maximum Gasteiger partial charge on any atom is 0.416 e. The van der Waals surface area contributed by atoms with E-state index in [2.05, 4.69) is 20.3 Å². The Morgan fingerprint density at radius 2 is 1.96 bits per heavy atom. The maximum absolute atomic E-state index is 12.5. The van der Waals surface area contributed by atoms with Gasteiger partial charge in [-0.1, -0.05) is 0 Å². The molecule has 0 aliphatic heterocycles. The Bertz CT molecular complexity index is 949. The lowest BCUT2D eigenvalue weighted by molar-refractivity contribution is -0.782. The summed E-state index contributed by atoms with van der Waals surface area (Å²) in [6, 6.07) is 8.31. The molecule has 1 N–H and O–H groups in total. The monoisotopic (exact) mass is 350 g/mol. The third-order valence-corrected chi connectivity index (χ3v) is 3.26. The second-order valence-corrected chi connectivity index (χ2v) is 4.95. The van der Waals surface area contributed by atoms with Crippen LogP contribution in [0.3, 0.4) is 0 Å². The van der Waals surface area contributed by atoms with Gasteiger partial charge in [0.2, 0.25) is 11.0 Å². The summed E-state index contributed by atoms with van der Waals surface area (Å²) in [5.74, 6) is -0.671. The Hall–Kier alpha value is -3.43. The van der Waals surface area contributed by atoms with Crippen LogP contribution in [0.15, 0.2) is 52.2 Å². The van der Waals surface area contributed by atoms with Gasteiger partial charge in [0.1, 0.15) is 0 Å². The molecule has 0 saturated heterocycles. The molecule has 7 nitrogen and oxygen atoms in total. The fourth-order valence-corrected chi connectivity index (χ4v) is 2.01. The number of benzene rings is 2. The largest absolute Gasteiger partial charge is 0.416 e. The van der Waals surface area contributed by atoms with Gasteiger partial charge in [0, 0.05) is 16.8 Å². The number of carbonyl (C=O) groups is 1. The molecule has 0 bridgehead atoms. The number of rotatable bonds is 3. The first kappa shape index (κ1) is 16.4. The van der Waals surface area contributed by atoms with E-state index in [4.69, 9.17) is 0 Å². The molecule has 1 heterocycles. The van der Waals surface area contributed by atoms with Crippen LogP contribution in [0.1, 0.15) is 21.5 Å². The zero-order valence-corrected chi connectivity index (χ0v) is 12.3. The molecule has 0 atom stereocenters. The summed E-state index contributed by atoms with van der Waals surface area (Å²) in [4.78, 5) is 12.1. The van der Waals surface area contributed by atoms with E-state index in [0.29, 0.717) is 11.1 Å². The van der Waals surface area contributed by atoms with Crippen LogP contribution in [-0.4, -0.2) is 17.3 Å². The van der Waals surface area contributed by atoms with Gasteiger partial charge in [-0.3, -0.25) is 9.42 Å². The van der Waals surface area contributed by atoms with E-state index < -0.39 is 17.6 Å². The summed E-state index contributed by atoms with van der Waals surface area (Å²) in [6.45, 7) is 0. The highest BCUT2D eigenvalue weighted by Crippen LogP contribution is 2.29. The van der Waals surface area contributed by atoms with Crippen LogP contribution in [0.5, 0.6) is 0 Å². The van der Waals surface area contributed by atoms with E-state index in [1.807, 2.05) is 0 Å². The van der Waals surface area contributed by atoms with Crippen LogP contribution in [-0.2, 0) is 6.18 Å². The number of amides is 1. The molecule has 3 aromatic rings. The van der Waals surface area contributed by atoms with Gasteiger partial charge in [0.15, 0.2) is 0 Å². The minimum atomic E-state index is -4.47. The van der Waals surface area contributed by atoms with Crippen molar-refractivity contribution in [2.45, 2.75) is 6.18 Å². The Morgan fingerprint density at radius 3 is 2.64 bits per heavy atom. The molecule has 0 unspecified atom stereocenters. The first-order valence-electron chi connectivity index (χ1n) is 6.85. The lowest BCUT2D eigenvalue weighted by Gasteiger charge is -2.06. The highest BCUT2D eigenvalue weighted by molar-refractivity contribution is 5.95. The topological polar surface area (TPSA) is 94.4 Å². The second kappa shape index (κ2) is 6.23. The predicted octanol–water partition coefficient (Wildman–Crippen LogP) is 2.24. The number of hydrogen-bond acceptors (Lipinski definition) is 5. The van der Waals surface area contributed by atoms with Crippen molar-refractivity contribution in [2.75, 3.05) is 0 Å². The smallest absolute Gasteiger partial charge is 0.359 e. The Balaban J connectivity index is 1.68. The van der Waals surface area contributed by atoms with Gasteiger partial charge >= 0.3 is 6.18 Å². The van der Waals surface area contributed by atoms with Crippen LogP contribution in [0.4, 0.5) is 13.2 Å². The number of aromatic nitrogens is 2. The van der Waals surface area contributed by atoms with Crippen molar-refractivity contribution in [3.05, 3.63) is 64.4 Å². The van der Waals surface area contributed by atoms with Crippen molar-refractivity contribution in [3.8, 4) is 0 Å². The molecule has 0 saturated carbocycles. The minimum absolute atomic E-state index is 0.0250. The van der Waals surface area contributed by atoms with Crippen molar-refractivity contribution in [3.63, 3.8) is 0 Å². The number of hydrazone groups is 1. The Labute approximate surface area is 137 Å². The number of carbonyl (C=O) groups excluding carboxylic acids is 1. The number of hydrogen-bond donors (Lipinski definition) is 1. The van der Waals surface area contributed by atoms with Crippen LogP contribution < -0.4 is 10.3 Å². The van der Waals surface area contributed by atoms with Gasteiger partial charge in [0.25, 0.3) is 5.91 Å². The van der Waals surface area contributed by atoms with Crippen LogP contribution in [0.25, 0.3) is 11.0 Å². The molecule has 0 spiro atoms. The molecule has 1 aromatic heterocycles. The molecular formula is C15H9F3N4O3.